The van der Waals surface area contributed by atoms with Crippen molar-refractivity contribution in [2.24, 2.45) is 0 Å². The van der Waals surface area contributed by atoms with Crippen LogP contribution in [-0.2, 0) is 14.2 Å². The molecule has 3 atom stereocenters. The van der Waals surface area contributed by atoms with Crippen LogP contribution in [0.15, 0.2) is 0 Å². The summed E-state index contributed by atoms with van der Waals surface area (Å²) in [7, 11) is 3.20. The Kier molecular flexibility index (Phi) is 3.26. The van der Waals surface area contributed by atoms with E-state index >= 15 is 0 Å². The molecule has 1 heterocycles. The van der Waals surface area contributed by atoms with Crippen molar-refractivity contribution >= 4 is 0 Å². The molecule has 1 aliphatic rings. The maximum Gasteiger partial charge on any atom is 0.114 e. The van der Waals surface area contributed by atoms with E-state index in [0.29, 0.717) is 6.61 Å². The molecule has 0 aromatic rings. The van der Waals surface area contributed by atoms with Crippen molar-refractivity contribution in [2.45, 2.75) is 18.3 Å². The van der Waals surface area contributed by atoms with Crippen LogP contribution in [0.5, 0.6) is 0 Å². The predicted octanol–water partition coefficient (Wildman–Crippen LogP) is -0.593. The van der Waals surface area contributed by atoms with Crippen molar-refractivity contribution in [1.82, 2.24) is 0 Å². The van der Waals surface area contributed by atoms with Gasteiger partial charge in [0, 0.05) is 14.2 Å². The summed E-state index contributed by atoms with van der Waals surface area (Å²) in [5.41, 5.74) is 0. The number of hydrogen-bond acceptors (Lipinski definition) is 4. The second kappa shape index (κ2) is 4.01. The molecule has 0 aromatic carbocycles. The fraction of sp³-hybridized carbons (Fsp3) is 1.00. The molecule has 11 heavy (non-hydrogen) atoms. The monoisotopic (exact) mass is 162 g/mol. The second-order valence-electron chi connectivity index (χ2n) is 2.53. The Morgan fingerprint density at radius 3 is 2.64 bits per heavy atom. The van der Waals surface area contributed by atoms with Crippen molar-refractivity contribution in [2.75, 3.05) is 27.4 Å². The smallest absolute Gasteiger partial charge is 0.114 e. The first kappa shape index (κ1) is 8.93. The van der Waals surface area contributed by atoms with Crippen molar-refractivity contribution in [3.8, 4) is 0 Å². The van der Waals surface area contributed by atoms with E-state index in [0.717, 1.165) is 0 Å². The fourth-order valence-electron chi connectivity index (χ4n) is 1.31. The van der Waals surface area contributed by atoms with Crippen LogP contribution >= 0.6 is 0 Å². The van der Waals surface area contributed by atoms with Crippen molar-refractivity contribution in [3.05, 3.63) is 0 Å². The van der Waals surface area contributed by atoms with Crippen LogP contribution in [0.1, 0.15) is 0 Å². The Labute approximate surface area is 66.1 Å². The molecule has 66 valence electrons. The summed E-state index contributed by atoms with van der Waals surface area (Å²) in [4.78, 5) is 0. The minimum atomic E-state index is -0.232. The van der Waals surface area contributed by atoms with Gasteiger partial charge in [0.15, 0.2) is 0 Å². The summed E-state index contributed by atoms with van der Waals surface area (Å²) in [5.74, 6) is 0. The van der Waals surface area contributed by atoms with Gasteiger partial charge in [-0.2, -0.15) is 0 Å². The van der Waals surface area contributed by atoms with Crippen LogP contribution in [-0.4, -0.2) is 50.9 Å². The molecule has 1 fully saturated rings. The average Bonchev–Trinajstić information content (AvgIpc) is 2.45. The molecule has 4 nitrogen and oxygen atoms in total. The predicted molar refractivity (Wildman–Crippen MR) is 38.4 cm³/mol. The molecule has 0 radical (unpaired) electrons. The molecule has 1 saturated heterocycles. The Bertz CT molecular complexity index is 105. The lowest BCUT2D eigenvalue weighted by molar-refractivity contribution is -0.0395. The summed E-state index contributed by atoms with van der Waals surface area (Å²) in [6, 6.07) is 0. The largest absolute Gasteiger partial charge is 0.394 e. The van der Waals surface area contributed by atoms with E-state index in [9.17, 15) is 0 Å². The number of hydrogen-bond donors (Lipinski definition) is 1. The number of aliphatic hydroxyl groups excluding tert-OH is 1. The molecule has 0 spiro atoms. The van der Waals surface area contributed by atoms with Gasteiger partial charge in [-0.3, -0.25) is 0 Å². The fourth-order valence-corrected chi connectivity index (χ4v) is 1.31. The SMILES string of the molecule is COC1CO[C@H](CO)C1OC. The molecule has 0 saturated carbocycles. The Hall–Kier alpha value is -0.160. The van der Waals surface area contributed by atoms with Gasteiger partial charge in [0.2, 0.25) is 0 Å². The van der Waals surface area contributed by atoms with Crippen molar-refractivity contribution in [3.63, 3.8) is 0 Å². The first-order valence-electron chi connectivity index (χ1n) is 3.61. The van der Waals surface area contributed by atoms with E-state index in [4.69, 9.17) is 19.3 Å². The lowest BCUT2D eigenvalue weighted by Crippen LogP contribution is -2.35. The van der Waals surface area contributed by atoms with Gasteiger partial charge in [0.1, 0.15) is 18.3 Å². The molecule has 4 heteroatoms. The van der Waals surface area contributed by atoms with Crippen molar-refractivity contribution < 1.29 is 19.3 Å². The van der Waals surface area contributed by atoms with Crippen LogP contribution in [0.25, 0.3) is 0 Å². The molecule has 1 aliphatic heterocycles. The minimum Gasteiger partial charge on any atom is -0.394 e. The first-order chi connectivity index (χ1) is 5.33. The molecular weight excluding hydrogens is 148 g/mol. The summed E-state index contributed by atoms with van der Waals surface area (Å²) in [6.45, 7) is 0.485. The summed E-state index contributed by atoms with van der Waals surface area (Å²) in [5, 5.41) is 8.82. The quantitative estimate of drug-likeness (QED) is 0.602. The van der Waals surface area contributed by atoms with Gasteiger partial charge in [0.25, 0.3) is 0 Å². The number of rotatable bonds is 3. The van der Waals surface area contributed by atoms with E-state index < -0.39 is 0 Å². The van der Waals surface area contributed by atoms with Crippen molar-refractivity contribution in [1.29, 1.82) is 0 Å². The first-order valence-corrected chi connectivity index (χ1v) is 3.61. The third-order valence-corrected chi connectivity index (χ3v) is 1.96. The summed E-state index contributed by atoms with van der Waals surface area (Å²) < 4.78 is 15.4. The van der Waals surface area contributed by atoms with Gasteiger partial charge in [-0.25, -0.2) is 0 Å². The van der Waals surface area contributed by atoms with Crippen LogP contribution in [0.2, 0.25) is 0 Å². The summed E-state index contributed by atoms with van der Waals surface area (Å²) in [6.07, 6.45) is -0.410. The van der Waals surface area contributed by atoms with Crippen LogP contribution < -0.4 is 0 Å². The van der Waals surface area contributed by atoms with Gasteiger partial charge < -0.3 is 19.3 Å². The van der Waals surface area contributed by atoms with E-state index in [2.05, 4.69) is 0 Å². The molecule has 0 aromatic heterocycles. The third-order valence-electron chi connectivity index (χ3n) is 1.96. The maximum atomic E-state index is 8.82. The van der Waals surface area contributed by atoms with E-state index in [1.165, 1.54) is 0 Å². The van der Waals surface area contributed by atoms with E-state index in [1.807, 2.05) is 0 Å². The highest BCUT2D eigenvalue weighted by atomic mass is 16.6. The highest BCUT2D eigenvalue weighted by molar-refractivity contribution is 4.84. The number of ether oxygens (including phenoxy) is 3. The normalized spacial score (nSPS) is 37.9. The molecule has 2 unspecified atom stereocenters. The highest BCUT2D eigenvalue weighted by Gasteiger charge is 2.36. The molecule has 0 aliphatic carbocycles. The molecule has 1 N–H and O–H groups in total. The van der Waals surface area contributed by atoms with Crippen LogP contribution in [0.4, 0.5) is 0 Å². The van der Waals surface area contributed by atoms with Gasteiger partial charge in [-0.05, 0) is 0 Å². The number of methoxy groups -OCH3 is 2. The zero-order valence-electron chi connectivity index (χ0n) is 6.82. The molecule has 0 bridgehead atoms. The Morgan fingerprint density at radius 2 is 2.18 bits per heavy atom. The lowest BCUT2D eigenvalue weighted by Gasteiger charge is -2.18. The standard InChI is InChI=1S/C7H14O4/c1-9-6-4-11-5(3-8)7(6)10-2/h5-8H,3-4H2,1-2H3/t5-,6?,7?/m1/s1. The lowest BCUT2D eigenvalue weighted by atomic mass is 10.1. The Morgan fingerprint density at radius 1 is 1.45 bits per heavy atom. The van der Waals surface area contributed by atoms with Crippen LogP contribution in [0, 0.1) is 0 Å². The van der Waals surface area contributed by atoms with Gasteiger partial charge >= 0.3 is 0 Å². The average molecular weight is 162 g/mol. The van der Waals surface area contributed by atoms with Gasteiger partial charge in [0.05, 0.1) is 13.2 Å². The van der Waals surface area contributed by atoms with E-state index in [-0.39, 0.29) is 24.9 Å². The molecule has 1 rings (SSSR count). The molecule has 0 amide bonds. The number of aliphatic hydroxyl groups is 1. The van der Waals surface area contributed by atoms with Gasteiger partial charge in [-0.1, -0.05) is 0 Å². The van der Waals surface area contributed by atoms with Gasteiger partial charge in [-0.15, -0.1) is 0 Å². The minimum absolute atomic E-state index is 0.0155. The second-order valence-corrected chi connectivity index (χ2v) is 2.53. The zero-order chi connectivity index (χ0) is 8.27. The Balaban J connectivity index is 2.48. The summed E-state index contributed by atoms with van der Waals surface area (Å²) >= 11 is 0. The highest BCUT2D eigenvalue weighted by Crippen LogP contribution is 2.18. The molecular formula is C7H14O4. The topological polar surface area (TPSA) is 47.9 Å². The third kappa shape index (κ3) is 1.70. The van der Waals surface area contributed by atoms with E-state index in [1.54, 1.807) is 14.2 Å². The zero-order valence-corrected chi connectivity index (χ0v) is 6.82. The maximum absolute atomic E-state index is 8.82. The van der Waals surface area contributed by atoms with Crippen LogP contribution in [0.3, 0.4) is 0 Å².